The molecule has 2 aliphatic heterocycles. The van der Waals surface area contributed by atoms with E-state index in [1.807, 2.05) is 22.9 Å². The number of imide groups is 1. The Morgan fingerprint density at radius 1 is 0.964 bits per heavy atom. The molecule has 3 aliphatic rings. The number of aryl methyl sites for hydroxylation is 1. The first-order valence-electron chi connectivity index (χ1n) is 18.6. The van der Waals surface area contributed by atoms with E-state index in [9.17, 15) is 37.5 Å². The fourth-order valence-electron chi connectivity index (χ4n) is 8.39. The highest BCUT2D eigenvalue weighted by atomic mass is 19.2. The largest absolute Gasteiger partial charge is 0.503 e. The lowest BCUT2D eigenvalue weighted by molar-refractivity contribution is -0.135. The lowest BCUT2D eigenvalue weighted by Gasteiger charge is -2.36. The Balaban J connectivity index is 0.864. The second-order valence-electron chi connectivity index (χ2n) is 14.8. The topological polar surface area (TPSA) is 147 Å². The molecule has 1 unspecified atom stereocenters. The van der Waals surface area contributed by atoms with Crippen LogP contribution in [-0.4, -0.2) is 79.4 Å². The average molecular weight is 759 g/mol. The van der Waals surface area contributed by atoms with Crippen LogP contribution in [0.4, 0.5) is 18.9 Å². The quantitative estimate of drug-likeness (QED) is 0.157. The Hall–Kier alpha value is -5.64. The number of halogens is 3. The summed E-state index contributed by atoms with van der Waals surface area (Å²) in [5, 5.41) is 20.1. The smallest absolute Gasteiger partial charge is 0.329 e. The van der Waals surface area contributed by atoms with E-state index in [0.29, 0.717) is 18.1 Å². The first-order valence-corrected chi connectivity index (χ1v) is 18.6. The summed E-state index contributed by atoms with van der Waals surface area (Å²) in [4.78, 5) is 54.9. The lowest BCUT2D eigenvalue weighted by Crippen LogP contribution is -2.46. The number of amides is 3. The summed E-state index contributed by atoms with van der Waals surface area (Å²) in [7, 11) is 1.72. The molecule has 3 aromatic carbocycles. The number of imidazole rings is 1. The zero-order valence-electron chi connectivity index (χ0n) is 30.2. The zero-order chi connectivity index (χ0) is 38.5. The van der Waals surface area contributed by atoms with Crippen LogP contribution in [-0.2, 0) is 23.2 Å². The minimum absolute atomic E-state index is 0.115. The van der Waals surface area contributed by atoms with Crippen molar-refractivity contribution in [2.45, 2.75) is 57.2 Å². The number of anilines is 1. The first kappa shape index (κ1) is 36.3. The van der Waals surface area contributed by atoms with Crippen molar-refractivity contribution in [1.29, 1.82) is 0 Å². The Labute approximate surface area is 313 Å². The number of fused-ring (bicyclic) bond motifs is 2. The SMILES string of the molecule is Cn1c(=O)n(C2CCC(=O)NC2=O)c2cccc(CN3CCN(c4ccc5cn(C6CCC(CNC(=O)c7cc(F)c(O)c(F)c7F)CC6)nc5c4)CC3)c21. The van der Waals surface area contributed by atoms with Gasteiger partial charge in [-0.1, -0.05) is 12.1 Å². The molecule has 3 N–H and O–H groups in total. The summed E-state index contributed by atoms with van der Waals surface area (Å²) in [6.07, 6.45) is 5.76. The van der Waals surface area contributed by atoms with Crippen molar-refractivity contribution in [3.05, 3.63) is 87.7 Å². The Morgan fingerprint density at radius 3 is 2.47 bits per heavy atom. The van der Waals surface area contributed by atoms with Crippen LogP contribution in [0, 0.1) is 23.4 Å². The summed E-state index contributed by atoms with van der Waals surface area (Å²) < 4.78 is 46.7. The number of phenols is 1. The van der Waals surface area contributed by atoms with Crippen molar-refractivity contribution in [3.8, 4) is 5.75 Å². The molecule has 2 saturated heterocycles. The summed E-state index contributed by atoms with van der Waals surface area (Å²) in [5.41, 5.74) is 3.40. The van der Waals surface area contributed by atoms with Crippen molar-refractivity contribution < 1.29 is 32.7 Å². The monoisotopic (exact) mass is 758 g/mol. The number of carbonyl (C=O) groups excluding carboxylic acids is 3. The molecule has 0 radical (unpaired) electrons. The van der Waals surface area contributed by atoms with Crippen molar-refractivity contribution in [2.75, 3.05) is 37.6 Å². The van der Waals surface area contributed by atoms with Gasteiger partial charge >= 0.3 is 5.69 Å². The third-order valence-corrected chi connectivity index (χ3v) is 11.5. The molecule has 3 fully saturated rings. The van der Waals surface area contributed by atoms with E-state index >= 15 is 0 Å². The Morgan fingerprint density at radius 2 is 1.73 bits per heavy atom. The second kappa shape index (κ2) is 14.5. The minimum atomic E-state index is -1.79. The van der Waals surface area contributed by atoms with E-state index in [1.54, 1.807) is 11.6 Å². The van der Waals surface area contributed by atoms with Crippen LogP contribution in [0.3, 0.4) is 0 Å². The van der Waals surface area contributed by atoms with Crippen molar-refractivity contribution in [3.63, 3.8) is 0 Å². The number of piperidine rings is 1. The number of hydrogen-bond acceptors (Lipinski definition) is 8. The number of nitrogens with zero attached hydrogens (tertiary/aromatic N) is 6. The van der Waals surface area contributed by atoms with Crippen molar-refractivity contribution in [1.82, 2.24) is 34.4 Å². The molecule has 16 heteroatoms. The van der Waals surface area contributed by atoms with Gasteiger partial charge in [-0.2, -0.15) is 9.49 Å². The highest BCUT2D eigenvalue weighted by Gasteiger charge is 2.32. The number of rotatable bonds is 8. The van der Waals surface area contributed by atoms with E-state index < -0.39 is 46.6 Å². The number of hydrogen-bond donors (Lipinski definition) is 3. The van der Waals surface area contributed by atoms with Gasteiger partial charge in [-0.25, -0.2) is 13.6 Å². The number of aromatic hydroxyl groups is 1. The number of phenolic OH excluding ortho intramolecular Hbond substituents is 1. The molecule has 3 amide bonds. The van der Waals surface area contributed by atoms with E-state index in [-0.39, 0.29) is 42.9 Å². The Kier molecular flexibility index (Phi) is 9.61. The molecule has 1 aliphatic carbocycles. The van der Waals surface area contributed by atoms with Crippen LogP contribution in [0.15, 0.2) is 53.5 Å². The van der Waals surface area contributed by atoms with Crippen LogP contribution >= 0.6 is 0 Å². The molecule has 288 valence electrons. The highest BCUT2D eigenvalue weighted by Crippen LogP contribution is 2.34. The first-order chi connectivity index (χ1) is 26.5. The van der Waals surface area contributed by atoms with Crippen LogP contribution < -0.4 is 21.2 Å². The second-order valence-corrected chi connectivity index (χ2v) is 14.8. The molecular formula is C39H41F3N8O5. The van der Waals surface area contributed by atoms with Gasteiger partial charge in [-0.3, -0.25) is 38.4 Å². The van der Waals surface area contributed by atoms with Gasteiger partial charge in [-0.05, 0) is 73.9 Å². The standard InChI is InChI=1S/C39H41F3N8O5/c1-46-35-24(3-2-4-30(35)50(39(46)55)31-11-12-32(51)44-38(31)54)20-47-13-15-48(16-14-47)26-10-7-23-21-49(45-29(23)17-26)25-8-5-22(6-9-25)19-43-37(53)27-18-28(40)36(52)34(42)33(27)41/h2-4,7,10,17-18,21-22,25,31,52H,5-6,8-9,11-16,19-20H2,1H3,(H,43,53)(H,44,51,54). The highest BCUT2D eigenvalue weighted by molar-refractivity contribution is 6.00. The molecule has 55 heavy (non-hydrogen) atoms. The molecule has 5 aromatic rings. The van der Waals surface area contributed by atoms with Gasteiger partial charge in [0, 0.05) is 70.0 Å². The van der Waals surface area contributed by atoms with E-state index in [0.717, 1.165) is 79.5 Å². The molecule has 4 heterocycles. The molecule has 0 bridgehead atoms. The molecule has 13 nitrogen and oxygen atoms in total. The minimum Gasteiger partial charge on any atom is -0.503 e. The molecular weight excluding hydrogens is 717 g/mol. The fourth-order valence-corrected chi connectivity index (χ4v) is 8.39. The predicted molar refractivity (Wildman–Crippen MR) is 197 cm³/mol. The van der Waals surface area contributed by atoms with Gasteiger partial charge in [0.15, 0.2) is 17.4 Å². The lowest BCUT2D eigenvalue weighted by atomic mass is 9.86. The number of nitrogens with one attached hydrogen (secondary N) is 2. The van der Waals surface area contributed by atoms with Gasteiger partial charge in [-0.15, -0.1) is 0 Å². The number of aromatic nitrogens is 4. The molecule has 0 spiro atoms. The molecule has 8 rings (SSSR count). The number of benzene rings is 3. The maximum Gasteiger partial charge on any atom is 0.329 e. The van der Waals surface area contributed by atoms with E-state index in [2.05, 4.69) is 44.8 Å². The average Bonchev–Trinajstić information content (AvgIpc) is 3.73. The third kappa shape index (κ3) is 6.83. The van der Waals surface area contributed by atoms with Crippen molar-refractivity contribution in [2.24, 2.45) is 13.0 Å². The van der Waals surface area contributed by atoms with Crippen LogP contribution in [0.25, 0.3) is 21.9 Å². The summed E-state index contributed by atoms with van der Waals surface area (Å²) in [5.74, 6) is -7.81. The molecule has 2 aromatic heterocycles. The summed E-state index contributed by atoms with van der Waals surface area (Å²) in [6, 6.07) is 12.1. The number of carbonyl (C=O) groups is 3. The zero-order valence-corrected chi connectivity index (χ0v) is 30.2. The van der Waals surface area contributed by atoms with Crippen molar-refractivity contribution >= 4 is 45.3 Å². The van der Waals surface area contributed by atoms with Gasteiger partial charge in [0.25, 0.3) is 5.91 Å². The molecule has 1 saturated carbocycles. The molecule has 1 atom stereocenters. The van der Waals surface area contributed by atoms with Crippen LogP contribution in [0.1, 0.15) is 66.5 Å². The van der Waals surface area contributed by atoms with E-state index in [4.69, 9.17) is 5.10 Å². The third-order valence-electron chi connectivity index (χ3n) is 11.5. The summed E-state index contributed by atoms with van der Waals surface area (Å²) in [6.45, 7) is 4.12. The van der Waals surface area contributed by atoms with Gasteiger partial charge < -0.3 is 15.3 Å². The van der Waals surface area contributed by atoms with Gasteiger partial charge in [0.05, 0.1) is 28.2 Å². The van der Waals surface area contributed by atoms with Crippen LogP contribution in [0.2, 0.25) is 0 Å². The summed E-state index contributed by atoms with van der Waals surface area (Å²) >= 11 is 0. The number of piperazine rings is 1. The maximum absolute atomic E-state index is 14.1. The predicted octanol–water partition coefficient (Wildman–Crippen LogP) is 4.27. The fraction of sp³-hybridized carbons (Fsp3) is 0.410. The number of para-hydroxylation sites is 1. The van der Waals surface area contributed by atoms with Gasteiger partial charge in [0.1, 0.15) is 6.04 Å². The maximum atomic E-state index is 14.1. The van der Waals surface area contributed by atoms with Crippen LogP contribution in [0.5, 0.6) is 5.75 Å². The van der Waals surface area contributed by atoms with Gasteiger partial charge in [0.2, 0.25) is 17.6 Å². The Bertz CT molecular complexity index is 2390. The normalized spacial score (nSPS) is 21.0. The van der Waals surface area contributed by atoms with E-state index in [1.165, 1.54) is 4.57 Å².